The smallest absolute Gasteiger partial charge is 0.340 e. The molecule has 0 spiro atoms. The zero-order chi connectivity index (χ0) is 27.6. The first-order chi connectivity index (χ1) is 19.1. The number of allylic oxidation sites excluding steroid dienone is 3. The number of nitrogens with one attached hydrogen (secondary N) is 1. The molecule has 1 N–H and O–H groups in total. The van der Waals surface area contributed by atoms with Crippen LogP contribution in [0.25, 0.3) is 11.1 Å². The quantitative estimate of drug-likeness (QED) is 0.149. The minimum absolute atomic E-state index is 0.226. The summed E-state index contributed by atoms with van der Waals surface area (Å²) in [7, 11) is 1.69. The maximum Gasteiger partial charge on any atom is 0.340 e. The SMILES string of the molecule is CCOC(=O)c1c(C)nc(N(C=O)c2ccccc2)c(C(=NC)NCCC2=CCCC=C2)c1-c1ccccc1. The van der Waals surface area contributed by atoms with E-state index >= 15 is 0 Å². The van der Waals surface area contributed by atoms with Crippen LogP contribution in [0, 0.1) is 6.92 Å². The van der Waals surface area contributed by atoms with Crippen LogP contribution in [0.2, 0.25) is 0 Å². The van der Waals surface area contributed by atoms with E-state index in [0.717, 1.165) is 31.2 Å². The lowest BCUT2D eigenvalue weighted by molar-refractivity contribution is -0.106. The fourth-order valence-electron chi connectivity index (χ4n) is 4.71. The lowest BCUT2D eigenvalue weighted by Crippen LogP contribution is -2.31. The van der Waals surface area contributed by atoms with Gasteiger partial charge in [-0.25, -0.2) is 9.78 Å². The van der Waals surface area contributed by atoms with Crippen molar-refractivity contribution in [2.45, 2.75) is 33.1 Å². The van der Waals surface area contributed by atoms with E-state index in [0.29, 0.717) is 46.3 Å². The van der Waals surface area contributed by atoms with Gasteiger partial charge in [0.2, 0.25) is 6.41 Å². The number of ether oxygens (including phenoxy) is 1. The number of aryl methyl sites for hydroxylation is 1. The first kappa shape index (κ1) is 27.5. The van der Waals surface area contributed by atoms with Crippen molar-refractivity contribution < 1.29 is 14.3 Å². The molecule has 0 unspecified atom stereocenters. The first-order valence-corrected chi connectivity index (χ1v) is 13.2. The summed E-state index contributed by atoms with van der Waals surface area (Å²) < 4.78 is 5.47. The Kier molecular flexibility index (Phi) is 9.40. The highest BCUT2D eigenvalue weighted by Crippen LogP contribution is 2.37. The third kappa shape index (κ3) is 6.32. The average molecular weight is 523 g/mol. The Bertz CT molecular complexity index is 1400. The monoisotopic (exact) mass is 522 g/mol. The first-order valence-electron chi connectivity index (χ1n) is 13.2. The summed E-state index contributed by atoms with van der Waals surface area (Å²) in [6, 6.07) is 18.9. The van der Waals surface area contributed by atoms with Crippen molar-refractivity contribution in [1.29, 1.82) is 0 Å². The summed E-state index contributed by atoms with van der Waals surface area (Å²) in [5.41, 5.74) is 4.69. The fourth-order valence-corrected chi connectivity index (χ4v) is 4.71. The third-order valence-electron chi connectivity index (χ3n) is 6.51. The number of nitrogens with zero attached hydrogens (tertiary/aromatic N) is 3. The molecule has 1 aliphatic rings. The minimum Gasteiger partial charge on any atom is -0.462 e. The molecule has 3 aromatic rings. The minimum atomic E-state index is -0.473. The number of aliphatic imine (C=N–C) groups is 1. The average Bonchev–Trinajstić information content (AvgIpc) is 2.97. The number of amidine groups is 1. The number of aromatic nitrogens is 1. The molecule has 39 heavy (non-hydrogen) atoms. The van der Waals surface area contributed by atoms with Crippen LogP contribution in [0.15, 0.2) is 89.5 Å². The highest BCUT2D eigenvalue weighted by Gasteiger charge is 2.30. The van der Waals surface area contributed by atoms with Crippen LogP contribution in [-0.4, -0.2) is 43.4 Å². The lowest BCUT2D eigenvalue weighted by atomic mass is 9.92. The maximum atomic E-state index is 13.3. The summed E-state index contributed by atoms with van der Waals surface area (Å²) in [4.78, 5) is 36.9. The van der Waals surface area contributed by atoms with Gasteiger partial charge in [0.15, 0.2) is 5.82 Å². The molecule has 1 aliphatic carbocycles. The van der Waals surface area contributed by atoms with E-state index in [1.165, 1.54) is 10.5 Å². The molecule has 1 amide bonds. The molecule has 0 saturated heterocycles. The normalized spacial score (nSPS) is 13.0. The number of esters is 1. The van der Waals surface area contributed by atoms with E-state index in [1.54, 1.807) is 20.9 Å². The zero-order valence-electron chi connectivity index (χ0n) is 22.7. The molecule has 2 aromatic carbocycles. The number of hydrogen-bond acceptors (Lipinski definition) is 5. The predicted octanol–water partition coefficient (Wildman–Crippen LogP) is 6.16. The highest BCUT2D eigenvalue weighted by molar-refractivity contribution is 6.14. The largest absolute Gasteiger partial charge is 0.462 e. The Morgan fingerprint density at radius 1 is 1.08 bits per heavy atom. The number of amides is 1. The number of anilines is 2. The summed E-state index contributed by atoms with van der Waals surface area (Å²) in [5.74, 6) is 0.440. The van der Waals surface area contributed by atoms with E-state index in [-0.39, 0.29) is 6.61 Å². The van der Waals surface area contributed by atoms with Crippen LogP contribution < -0.4 is 10.2 Å². The number of rotatable bonds is 10. The Hall–Kier alpha value is -4.52. The molecule has 7 heteroatoms. The molecular weight excluding hydrogens is 488 g/mol. The van der Waals surface area contributed by atoms with Crippen molar-refractivity contribution in [2.24, 2.45) is 4.99 Å². The van der Waals surface area contributed by atoms with Crippen LogP contribution in [-0.2, 0) is 9.53 Å². The molecular formula is C32H34N4O3. The van der Waals surface area contributed by atoms with E-state index < -0.39 is 5.97 Å². The third-order valence-corrected chi connectivity index (χ3v) is 6.51. The van der Waals surface area contributed by atoms with Gasteiger partial charge < -0.3 is 10.1 Å². The van der Waals surface area contributed by atoms with Crippen molar-refractivity contribution in [3.63, 3.8) is 0 Å². The van der Waals surface area contributed by atoms with Crippen LogP contribution in [0.1, 0.15) is 47.8 Å². The van der Waals surface area contributed by atoms with Gasteiger partial charge in [-0.3, -0.25) is 14.7 Å². The second kappa shape index (κ2) is 13.3. The highest BCUT2D eigenvalue weighted by atomic mass is 16.5. The molecule has 0 fully saturated rings. The standard InChI is InChI=1S/C32H34N4O3/c1-4-39-32(38)27-23(2)35-31(36(22-37)26-18-12-7-13-19-26)29(28(27)25-16-10-6-11-17-25)30(33-3)34-21-20-24-14-8-5-9-15-24/h6-8,10-19,22H,4-5,9,20-21H2,1-3H3,(H,33,34). The second-order valence-electron chi connectivity index (χ2n) is 9.05. The van der Waals surface area contributed by atoms with Gasteiger partial charge in [0, 0.05) is 19.2 Å². The fraction of sp³-hybridized carbons (Fsp3) is 0.250. The zero-order valence-corrected chi connectivity index (χ0v) is 22.7. The molecule has 1 aromatic heterocycles. The molecule has 4 rings (SSSR count). The number of benzene rings is 2. The molecule has 0 bridgehead atoms. The Balaban J connectivity index is 1.94. The second-order valence-corrected chi connectivity index (χ2v) is 9.05. The van der Waals surface area contributed by atoms with E-state index in [2.05, 4.69) is 28.5 Å². The van der Waals surface area contributed by atoms with Crippen molar-refractivity contribution >= 4 is 29.7 Å². The number of pyridine rings is 1. The van der Waals surface area contributed by atoms with Crippen molar-refractivity contribution in [2.75, 3.05) is 25.1 Å². The predicted molar refractivity (Wildman–Crippen MR) is 157 cm³/mol. The van der Waals surface area contributed by atoms with Crippen LogP contribution >= 0.6 is 0 Å². The van der Waals surface area contributed by atoms with Crippen molar-refractivity contribution in [3.8, 4) is 11.1 Å². The van der Waals surface area contributed by atoms with Gasteiger partial charge in [0.25, 0.3) is 0 Å². The summed E-state index contributed by atoms with van der Waals surface area (Å²) in [5, 5.41) is 3.47. The summed E-state index contributed by atoms with van der Waals surface area (Å²) >= 11 is 0. The lowest BCUT2D eigenvalue weighted by Gasteiger charge is -2.26. The van der Waals surface area contributed by atoms with Crippen molar-refractivity contribution in [1.82, 2.24) is 10.3 Å². The van der Waals surface area contributed by atoms with Crippen molar-refractivity contribution in [3.05, 3.63) is 101 Å². The number of carbonyl (C=O) groups excluding carboxylic acids is 2. The molecule has 7 nitrogen and oxygen atoms in total. The molecule has 1 heterocycles. The van der Waals surface area contributed by atoms with Gasteiger partial charge in [-0.1, -0.05) is 72.3 Å². The van der Waals surface area contributed by atoms with Crippen LogP contribution in [0.5, 0.6) is 0 Å². The molecule has 0 atom stereocenters. The Labute approximate surface area is 229 Å². The summed E-state index contributed by atoms with van der Waals surface area (Å²) in [6.45, 7) is 4.38. The van der Waals surface area contributed by atoms with Crippen LogP contribution in [0.4, 0.5) is 11.5 Å². The van der Waals surface area contributed by atoms with Crippen LogP contribution in [0.3, 0.4) is 0 Å². The van der Waals surface area contributed by atoms with Gasteiger partial charge in [-0.2, -0.15) is 0 Å². The van der Waals surface area contributed by atoms with Gasteiger partial charge in [0.1, 0.15) is 5.84 Å². The molecule has 0 saturated carbocycles. The topological polar surface area (TPSA) is 83.9 Å². The summed E-state index contributed by atoms with van der Waals surface area (Å²) in [6.07, 6.45) is 10.3. The van der Waals surface area contributed by atoms with Gasteiger partial charge in [0.05, 0.1) is 29.1 Å². The van der Waals surface area contributed by atoms with E-state index in [9.17, 15) is 9.59 Å². The van der Waals surface area contributed by atoms with Gasteiger partial charge in [-0.15, -0.1) is 0 Å². The number of carbonyl (C=O) groups is 2. The van der Waals surface area contributed by atoms with Gasteiger partial charge in [-0.05, 0) is 50.8 Å². The Morgan fingerprint density at radius 3 is 2.41 bits per heavy atom. The van der Waals surface area contributed by atoms with E-state index in [4.69, 9.17) is 9.72 Å². The number of hydrogen-bond donors (Lipinski definition) is 1. The maximum absolute atomic E-state index is 13.3. The van der Waals surface area contributed by atoms with Gasteiger partial charge >= 0.3 is 5.97 Å². The molecule has 200 valence electrons. The van der Waals surface area contributed by atoms with E-state index in [1.807, 2.05) is 60.7 Å². The number of para-hydroxylation sites is 1. The Morgan fingerprint density at radius 2 is 1.79 bits per heavy atom. The molecule has 0 aliphatic heterocycles. The molecule has 0 radical (unpaired) electrons.